The molecule has 0 aliphatic carbocycles. The minimum atomic E-state index is 0.274. The summed E-state index contributed by atoms with van der Waals surface area (Å²) in [5.41, 5.74) is 17.0. The van der Waals surface area contributed by atoms with Crippen molar-refractivity contribution >= 4 is 151 Å². The number of carbonyl (C=O) groups excluding carboxylic acids is 6. The van der Waals surface area contributed by atoms with E-state index in [-0.39, 0.29) is 17.2 Å². The molecule has 24 heteroatoms. The van der Waals surface area contributed by atoms with E-state index in [2.05, 4.69) is 178 Å². The van der Waals surface area contributed by atoms with Crippen LogP contribution in [0.1, 0.15) is 38.9 Å². The molecule has 0 saturated heterocycles. The van der Waals surface area contributed by atoms with Crippen LogP contribution in [0.4, 0.5) is 0 Å². The van der Waals surface area contributed by atoms with Crippen LogP contribution in [0, 0.1) is 0 Å². The summed E-state index contributed by atoms with van der Waals surface area (Å²) in [6.45, 7) is 2.84. The van der Waals surface area contributed by atoms with Crippen molar-refractivity contribution < 1.29 is 61.6 Å². The number of benzene rings is 7. The molecular formula is C100H64N10O13S. The minimum absolute atomic E-state index is 0.274. The number of nitrogens with zero attached hydrogens (tertiary/aromatic N) is 10. The maximum Gasteiger partial charge on any atom is 0.298 e. The monoisotopic (exact) mass is 1640 g/mol. The minimum Gasteiger partial charge on any atom is -0.456 e. The summed E-state index contributed by atoms with van der Waals surface area (Å²) in [7, 11) is 0. The van der Waals surface area contributed by atoms with E-state index in [9.17, 15) is 28.8 Å². The molecule has 124 heavy (non-hydrogen) atoms. The average Bonchev–Trinajstić information content (AvgIpc) is 1.61. The number of pyridine rings is 9. The van der Waals surface area contributed by atoms with Crippen molar-refractivity contribution in [3.8, 4) is 103 Å². The molecule has 0 bridgehead atoms. The number of thiophene rings is 1. The number of carbonyl (C=O) groups is 6. The second-order valence-corrected chi connectivity index (χ2v) is 28.7. The van der Waals surface area contributed by atoms with Crippen LogP contribution in [0.5, 0.6) is 34.5 Å². The predicted octanol–water partition coefficient (Wildman–Crippen LogP) is 20.8. The number of rotatable bonds is 26. The van der Waals surface area contributed by atoms with Crippen LogP contribution in [0.25, 0.3) is 169 Å². The topological polar surface area (TPSA) is 292 Å². The molecule has 0 atom stereocenters. The standard InChI is InChI=1S/C38H26N4O4.C31H19N3O5.C31H19N3O4S/c43-24-45-29-15-17-40-34(20-29)36-22-30(46-25-44)21-35(41-36)33-18-27(14-16-39-33)11-10-26-12-13-32-31-8-4-5-9-37(31)42(38(32)19-26)23-28-6-2-1-3-7-28;2*35-18-37-22-10-12-33-27(15-22)29-17-23(38-19-36)16-28(34-29)26-13-21(9-11-32-26)6-5-20-7-8-25-24-3-1-2-4-30(24)39-31(25)14-20/h1-22,24-25H,23H2;2*1-19H/b11-10+;2*6-5+. The SMILES string of the molecule is O=COc1ccnc(-c2cc(OC=O)cc(-c3cc(/C=C/c4ccc5c(c4)oc4ccccc45)ccn3)n2)c1.O=COc1ccnc(-c2cc(OC=O)cc(-c3cc(/C=C/c4ccc5c(c4)sc4ccccc45)ccn3)n2)c1.O=COc1ccnc(-c2cc(OC=O)cc(-c3cc(/C=C/c4ccc5c6ccccc6n(Cc6ccccc6)c5c4)ccn3)n2)c1. The van der Waals surface area contributed by atoms with Gasteiger partial charge in [-0.15, -0.1) is 11.3 Å². The lowest BCUT2D eigenvalue weighted by atomic mass is 10.1. The van der Waals surface area contributed by atoms with E-state index >= 15 is 0 Å². The Kier molecular flexibility index (Phi) is 23.7. The van der Waals surface area contributed by atoms with Crippen molar-refractivity contribution in [2.45, 2.75) is 6.54 Å². The fourth-order valence-electron chi connectivity index (χ4n) is 14.2. The van der Waals surface area contributed by atoms with Gasteiger partial charge >= 0.3 is 0 Å². The van der Waals surface area contributed by atoms with Gasteiger partial charge in [0.2, 0.25) is 0 Å². The first-order chi connectivity index (χ1) is 61.1. The molecule has 598 valence electrons. The molecule has 0 amide bonds. The van der Waals surface area contributed by atoms with Gasteiger partial charge in [-0.3, -0.25) is 58.7 Å². The summed E-state index contributed by atoms with van der Waals surface area (Å²) in [5.74, 6) is 1.78. The summed E-state index contributed by atoms with van der Waals surface area (Å²) in [6.07, 6.45) is 21.8. The number of furan rings is 1. The van der Waals surface area contributed by atoms with Crippen molar-refractivity contribution in [3.63, 3.8) is 0 Å². The highest BCUT2D eigenvalue weighted by molar-refractivity contribution is 7.25. The quantitative estimate of drug-likeness (QED) is 0.0455. The molecule has 0 spiro atoms. The number of hydrogen-bond acceptors (Lipinski definition) is 23. The van der Waals surface area contributed by atoms with Gasteiger partial charge < -0.3 is 37.4 Å². The Morgan fingerprint density at radius 3 is 1.06 bits per heavy atom. The first kappa shape index (κ1) is 79.2. The molecular weight excluding hydrogens is 1580 g/mol. The third-order valence-corrected chi connectivity index (χ3v) is 20.9. The Morgan fingerprint density at radius 2 is 0.589 bits per heavy atom. The van der Waals surface area contributed by atoms with Crippen molar-refractivity contribution in [2.75, 3.05) is 0 Å². The van der Waals surface area contributed by atoms with E-state index < -0.39 is 0 Å². The van der Waals surface area contributed by atoms with Gasteiger partial charge in [0.05, 0.1) is 73.8 Å². The Labute approximate surface area is 709 Å². The predicted molar refractivity (Wildman–Crippen MR) is 477 cm³/mol. The van der Waals surface area contributed by atoms with Crippen LogP contribution in [0.15, 0.2) is 309 Å². The normalized spacial score (nSPS) is 11.2. The summed E-state index contributed by atoms with van der Waals surface area (Å²) >= 11 is 1.79. The second kappa shape index (κ2) is 37.1. The van der Waals surface area contributed by atoms with Gasteiger partial charge in [-0.05, 0) is 136 Å². The van der Waals surface area contributed by atoms with Gasteiger partial charge in [-0.2, -0.15) is 0 Å². The number of fused-ring (bicyclic) bond motifs is 9. The molecule has 0 radical (unpaired) electrons. The zero-order valence-electron chi connectivity index (χ0n) is 65.2. The van der Waals surface area contributed by atoms with Crippen molar-refractivity contribution in [1.29, 1.82) is 0 Å². The molecule has 7 aromatic carbocycles. The number of para-hydroxylation sites is 2. The van der Waals surface area contributed by atoms with E-state index in [0.29, 0.717) is 124 Å². The molecule has 0 saturated carbocycles. The van der Waals surface area contributed by atoms with Crippen molar-refractivity contribution in [1.82, 2.24) is 49.4 Å². The number of ether oxygens (including phenoxy) is 6. The Bertz CT molecular complexity index is 7100. The summed E-state index contributed by atoms with van der Waals surface area (Å²) in [5, 5.41) is 7.15. The van der Waals surface area contributed by atoms with Gasteiger partial charge in [-0.1, -0.05) is 152 Å². The lowest BCUT2D eigenvalue weighted by Crippen LogP contribution is -1.99. The van der Waals surface area contributed by atoms with E-state index in [0.717, 1.165) is 61.9 Å². The van der Waals surface area contributed by atoms with Crippen LogP contribution in [-0.2, 0) is 35.3 Å². The van der Waals surface area contributed by atoms with E-state index in [1.807, 2.05) is 97.1 Å². The van der Waals surface area contributed by atoms with E-state index in [4.69, 9.17) is 37.8 Å². The fourth-order valence-corrected chi connectivity index (χ4v) is 15.3. The lowest BCUT2D eigenvalue weighted by molar-refractivity contribution is -0.121. The zero-order chi connectivity index (χ0) is 84.5. The maximum atomic E-state index is 11.2. The molecule has 0 fully saturated rings. The van der Waals surface area contributed by atoms with Gasteiger partial charge in [0.15, 0.2) is 0 Å². The molecule has 0 aliphatic heterocycles. The van der Waals surface area contributed by atoms with Crippen LogP contribution in [0.2, 0.25) is 0 Å². The molecule has 0 unspecified atom stereocenters. The molecule has 19 rings (SSSR count). The van der Waals surface area contributed by atoms with Crippen LogP contribution < -0.4 is 28.4 Å². The fraction of sp³-hybridized carbons (Fsp3) is 0.0100. The molecule has 0 N–H and O–H groups in total. The number of hydrogen-bond donors (Lipinski definition) is 0. The molecule has 23 nitrogen and oxygen atoms in total. The Morgan fingerprint density at radius 1 is 0.258 bits per heavy atom. The largest absolute Gasteiger partial charge is 0.456 e. The average molecular weight is 1650 g/mol. The molecule has 19 aromatic rings. The van der Waals surface area contributed by atoms with Gasteiger partial charge in [-0.25, -0.2) is 15.0 Å². The highest BCUT2D eigenvalue weighted by atomic mass is 32.1. The summed E-state index contributed by atoms with van der Waals surface area (Å²) in [4.78, 5) is 106. The lowest BCUT2D eigenvalue weighted by Gasteiger charge is -2.09. The van der Waals surface area contributed by atoms with E-state index in [1.165, 1.54) is 66.1 Å². The van der Waals surface area contributed by atoms with Crippen LogP contribution >= 0.6 is 11.3 Å². The third-order valence-electron chi connectivity index (χ3n) is 19.8. The zero-order valence-corrected chi connectivity index (χ0v) is 66.0. The summed E-state index contributed by atoms with van der Waals surface area (Å²) < 4.78 is 41.1. The van der Waals surface area contributed by atoms with Crippen LogP contribution in [-0.4, -0.2) is 88.3 Å². The van der Waals surface area contributed by atoms with Crippen LogP contribution in [0.3, 0.4) is 0 Å². The molecule has 0 aliphatic rings. The Hall–Kier alpha value is -17.3. The van der Waals surface area contributed by atoms with E-state index in [1.54, 1.807) is 103 Å². The third kappa shape index (κ3) is 18.4. The second-order valence-electron chi connectivity index (χ2n) is 27.6. The van der Waals surface area contributed by atoms with Gasteiger partial charge in [0, 0.05) is 146 Å². The maximum absolute atomic E-state index is 11.2. The molecule has 12 aromatic heterocycles. The first-order valence-electron chi connectivity index (χ1n) is 38.5. The molecule has 12 heterocycles. The highest BCUT2D eigenvalue weighted by Gasteiger charge is 2.19. The van der Waals surface area contributed by atoms with Crippen molar-refractivity contribution in [2.24, 2.45) is 0 Å². The first-order valence-corrected chi connectivity index (χ1v) is 39.3. The Balaban J connectivity index is 0.000000132. The number of aromatic nitrogens is 10. The van der Waals surface area contributed by atoms with Gasteiger partial charge in [0.1, 0.15) is 45.7 Å². The highest BCUT2D eigenvalue weighted by Crippen LogP contribution is 2.38. The van der Waals surface area contributed by atoms with Crippen molar-refractivity contribution in [3.05, 3.63) is 343 Å². The van der Waals surface area contributed by atoms with Gasteiger partial charge in [0.25, 0.3) is 38.8 Å². The smallest absolute Gasteiger partial charge is 0.298 e. The summed E-state index contributed by atoms with van der Waals surface area (Å²) in [6, 6.07) is 85.0.